The minimum atomic E-state index is 0.825. The Labute approximate surface area is 275 Å². The van der Waals surface area contributed by atoms with Gasteiger partial charge in [0.2, 0.25) is 0 Å². The summed E-state index contributed by atoms with van der Waals surface area (Å²) < 4.78 is 6.30. The van der Waals surface area contributed by atoms with Crippen molar-refractivity contribution in [3.8, 4) is 33.8 Å². The zero-order valence-electron chi connectivity index (χ0n) is 25.6. The third-order valence-electron chi connectivity index (χ3n) is 9.17. The Kier molecular flexibility index (Phi) is 5.77. The minimum Gasteiger partial charge on any atom is -0.453 e. The van der Waals surface area contributed by atoms with Crippen LogP contribution in [0, 0.1) is 0 Å². The Morgan fingerprint density at radius 1 is 0.458 bits per heavy atom. The molecule has 0 radical (unpaired) electrons. The van der Waals surface area contributed by atoms with Crippen LogP contribution in [0.2, 0.25) is 0 Å². The van der Waals surface area contributed by atoms with E-state index in [0.29, 0.717) is 0 Å². The standard InChI is InChI=1S/C42H25N5O/c1-2-12-30-29(11-1)34-21-28(47-37-13-3-5-15-39(37)48-40-16-6-4-14-38(40)47)17-18-31(34)42-41(30)45-35-22-32(26-9-7-19-43-24-26)33(23-36(35)46-42)27-10-8-20-44-25-27/h1-25H. The van der Waals surface area contributed by atoms with Crippen LogP contribution in [0.25, 0.3) is 65.9 Å². The number of hydrogen-bond acceptors (Lipinski definition) is 6. The van der Waals surface area contributed by atoms with Crippen molar-refractivity contribution in [2.24, 2.45) is 0 Å². The second kappa shape index (κ2) is 10.4. The van der Waals surface area contributed by atoms with Crippen molar-refractivity contribution in [2.45, 2.75) is 0 Å². The van der Waals surface area contributed by atoms with Gasteiger partial charge in [-0.25, -0.2) is 9.97 Å². The van der Waals surface area contributed by atoms with E-state index in [1.54, 1.807) is 12.4 Å². The molecule has 10 rings (SSSR count). The number of benzene rings is 6. The molecule has 0 saturated heterocycles. The third kappa shape index (κ3) is 4.06. The molecule has 0 atom stereocenters. The lowest BCUT2D eigenvalue weighted by molar-refractivity contribution is 0.477. The van der Waals surface area contributed by atoms with Gasteiger partial charge in [-0.05, 0) is 82.6 Å². The van der Waals surface area contributed by atoms with Gasteiger partial charge in [0.1, 0.15) is 0 Å². The highest BCUT2D eigenvalue weighted by Crippen LogP contribution is 2.51. The number of pyridine rings is 2. The fraction of sp³-hybridized carbons (Fsp3) is 0. The van der Waals surface area contributed by atoms with Gasteiger partial charge in [-0.15, -0.1) is 0 Å². The van der Waals surface area contributed by atoms with E-state index >= 15 is 0 Å². The van der Waals surface area contributed by atoms with E-state index in [2.05, 4.69) is 93.7 Å². The molecular weight excluding hydrogens is 590 g/mol. The molecule has 4 heterocycles. The quantitative estimate of drug-likeness (QED) is 0.146. The maximum Gasteiger partial charge on any atom is 0.151 e. The van der Waals surface area contributed by atoms with Crippen LogP contribution in [0.1, 0.15) is 0 Å². The summed E-state index contributed by atoms with van der Waals surface area (Å²) in [6.45, 7) is 0. The molecule has 6 nitrogen and oxygen atoms in total. The summed E-state index contributed by atoms with van der Waals surface area (Å²) in [6.07, 6.45) is 7.37. The molecule has 0 spiro atoms. The van der Waals surface area contributed by atoms with Gasteiger partial charge in [0.05, 0.1) is 33.4 Å². The number of aromatic nitrogens is 4. The van der Waals surface area contributed by atoms with Gasteiger partial charge in [0.15, 0.2) is 11.5 Å². The average molecular weight is 616 g/mol. The van der Waals surface area contributed by atoms with Crippen molar-refractivity contribution in [2.75, 3.05) is 4.90 Å². The largest absolute Gasteiger partial charge is 0.453 e. The first-order valence-electron chi connectivity index (χ1n) is 15.9. The first kappa shape index (κ1) is 26.5. The summed E-state index contributed by atoms with van der Waals surface area (Å²) in [5.74, 6) is 1.65. The van der Waals surface area contributed by atoms with Crippen molar-refractivity contribution in [3.63, 3.8) is 0 Å². The molecule has 6 heteroatoms. The molecule has 0 N–H and O–H groups in total. The fourth-order valence-electron chi connectivity index (χ4n) is 7.01. The van der Waals surface area contributed by atoms with E-state index in [4.69, 9.17) is 14.7 Å². The number of para-hydroxylation sites is 4. The SMILES string of the molecule is c1cncc(-c2cc3nc4c5ccccc5c5cc(N6c7ccccc7Oc7ccccc76)ccc5c4nc3cc2-c2cccnc2)c1. The molecule has 0 bridgehead atoms. The molecule has 224 valence electrons. The lowest BCUT2D eigenvalue weighted by Gasteiger charge is -2.33. The number of nitrogens with zero attached hydrogens (tertiary/aromatic N) is 5. The van der Waals surface area contributed by atoms with Gasteiger partial charge in [-0.3, -0.25) is 9.97 Å². The van der Waals surface area contributed by atoms with Crippen molar-refractivity contribution < 1.29 is 4.74 Å². The lowest BCUT2D eigenvalue weighted by Crippen LogP contribution is -2.15. The van der Waals surface area contributed by atoms with Crippen LogP contribution < -0.4 is 9.64 Å². The maximum atomic E-state index is 6.30. The summed E-state index contributed by atoms with van der Waals surface area (Å²) >= 11 is 0. The highest BCUT2D eigenvalue weighted by molar-refractivity contribution is 6.24. The highest BCUT2D eigenvalue weighted by Gasteiger charge is 2.26. The van der Waals surface area contributed by atoms with E-state index in [-0.39, 0.29) is 0 Å². The Balaban J connectivity index is 1.25. The summed E-state index contributed by atoms with van der Waals surface area (Å²) in [4.78, 5) is 21.8. The molecule has 6 aromatic carbocycles. The first-order valence-corrected chi connectivity index (χ1v) is 15.9. The number of ether oxygens (including phenoxy) is 1. The normalized spacial score (nSPS) is 12.3. The van der Waals surface area contributed by atoms with Crippen LogP contribution in [-0.4, -0.2) is 19.9 Å². The molecular formula is C42H25N5O. The molecule has 48 heavy (non-hydrogen) atoms. The minimum absolute atomic E-state index is 0.825. The predicted molar refractivity (Wildman–Crippen MR) is 193 cm³/mol. The number of fused-ring (bicyclic) bond motifs is 9. The monoisotopic (exact) mass is 615 g/mol. The van der Waals surface area contributed by atoms with Gasteiger partial charge in [-0.1, -0.05) is 66.7 Å². The Bertz CT molecular complexity index is 2670. The van der Waals surface area contributed by atoms with E-state index < -0.39 is 0 Å². The molecule has 0 fully saturated rings. The molecule has 0 aliphatic carbocycles. The molecule has 9 aromatic rings. The Morgan fingerprint density at radius 2 is 1.00 bits per heavy atom. The van der Waals surface area contributed by atoms with Crippen LogP contribution in [0.15, 0.2) is 152 Å². The van der Waals surface area contributed by atoms with Crippen LogP contribution in [0.5, 0.6) is 11.5 Å². The van der Waals surface area contributed by atoms with Crippen molar-refractivity contribution in [1.29, 1.82) is 0 Å². The second-order valence-electron chi connectivity index (χ2n) is 11.9. The lowest BCUT2D eigenvalue weighted by atomic mass is 9.94. The number of rotatable bonds is 3. The van der Waals surface area contributed by atoms with Crippen molar-refractivity contribution in [1.82, 2.24) is 19.9 Å². The molecule has 3 aromatic heterocycles. The zero-order chi connectivity index (χ0) is 31.6. The van der Waals surface area contributed by atoms with Crippen LogP contribution in [-0.2, 0) is 0 Å². The highest BCUT2D eigenvalue weighted by atomic mass is 16.5. The maximum absolute atomic E-state index is 6.30. The van der Waals surface area contributed by atoms with Gasteiger partial charge in [0, 0.05) is 52.4 Å². The van der Waals surface area contributed by atoms with Crippen LogP contribution in [0.3, 0.4) is 0 Å². The summed E-state index contributed by atoms with van der Waals surface area (Å²) in [5.41, 5.74) is 10.6. The van der Waals surface area contributed by atoms with E-state index in [0.717, 1.165) is 94.4 Å². The number of hydrogen-bond donors (Lipinski definition) is 0. The van der Waals surface area contributed by atoms with Gasteiger partial charge < -0.3 is 9.64 Å². The third-order valence-corrected chi connectivity index (χ3v) is 9.17. The molecule has 0 saturated carbocycles. The van der Waals surface area contributed by atoms with Crippen LogP contribution >= 0.6 is 0 Å². The van der Waals surface area contributed by atoms with Crippen LogP contribution in [0.4, 0.5) is 17.1 Å². The Hall–Kier alpha value is -6.66. The smallest absolute Gasteiger partial charge is 0.151 e. The summed E-state index contributed by atoms with van der Waals surface area (Å²) in [6, 6.07) is 43.8. The molecule has 0 unspecified atom stereocenters. The first-order chi connectivity index (χ1) is 23.8. The van der Waals surface area contributed by atoms with Crippen molar-refractivity contribution >= 4 is 60.7 Å². The summed E-state index contributed by atoms with van der Waals surface area (Å²) in [5, 5.41) is 4.36. The summed E-state index contributed by atoms with van der Waals surface area (Å²) in [7, 11) is 0. The van der Waals surface area contributed by atoms with Crippen molar-refractivity contribution in [3.05, 3.63) is 152 Å². The zero-order valence-corrected chi connectivity index (χ0v) is 25.6. The fourth-order valence-corrected chi connectivity index (χ4v) is 7.01. The predicted octanol–water partition coefficient (Wildman–Crippen LogP) is 10.8. The molecule has 1 aliphatic heterocycles. The average Bonchev–Trinajstić information content (AvgIpc) is 3.16. The van der Waals surface area contributed by atoms with E-state index in [9.17, 15) is 0 Å². The topological polar surface area (TPSA) is 64.0 Å². The Morgan fingerprint density at radius 3 is 1.58 bits per heavy atom. The molecule has 1 aliphatic rings. The van der Waals surface area contributed by atoms with Gasteiger partial charge in [0.25, 0.3) is 0 Å². The molecule has 0 amide bonds. The van der Waals surface area contributed by atoms with E-state index in [1.165, 1.54) is 0 Å². The van der Waals surface area contributed by atoms with E-state index in [1.807, 2.05) is 60.9 Å². The number of anilines is 3. The van der Waals surface area contributed by atoms with Gasteiger partial charge >= 0.3 is 0 Å². The van der Waals surface area contributed by atoms with Gasteiger partial charge in [-0.2, -0.15) is 0 Å². The second-order valence-corrected chi connectivity index (χ2v) is 11.9.